The second-order valence-electron chi connectivity index (χ2n) is 7.31. The zero-order chi connectivity index (χ0) is 23.1. The number of halogens is 1. The van der Waals surface area contributed by atoms with Gasteiger partial charge in [0.2, 0.25) is 0 Å². The molecule has 32 heavy (non-hydrogen) atoms. The molecule has 3 aromatic rings. The monoisotopic (exact) mass is 450 g/mol. The van der Waals surface area contributed by atoms with Gasteiger partial charge in [0.1, 0.15) is 5.82 Å². The van der Waals surface area contributed by atoms with E-state index < -0.39 is 6.10 Å². The summed E-state index contributed by atoms with van der Waals surface area (Å²) < 4.78 is 4.54. The van der Waals surface area contributed by atoms with Gasteiger partial charge in [-0.3, -0.25) is 9.59 Å². The van der Waals surface area contributed by atoms with Crippen LogP contribution in [0.3, 0.4) is 0 Å². The number of esters is 1. The number of nitrogens with two attached hydrogens (primary N) is 1. The molecule has 0 radical (unpaired) electrons. The molecule has 0 aliphatic carbocycles. The molecule has 1 atom stereocenters. The third-order valence-electron chi connectivity index (χ3n) is 5.04. The first-order chi connectivity index (χ1) is 15.4. The van der Waals surface area contributed by atoms with Gasteiger partial charge in [-0.1, -0.05) is 41.6 Å². The van der Waals surface area contributed by atoms with Crippen LogP contribution in [-0.2, 0) is 9.53 Å². The number of aliphatic hydroxyl groups excluding tert-OH is 1. The molecular weight excluding hydrogens is 428 g/mol. The summed E-state index contributed by atoms with van der Waals surface area (Å²) in [5, 5.41) is 12.2. The molecule has 0 amide bonds. The molecule has 1 aromatic heterocycles. The first-order valence-electron chi connectivity index (χ1n) is 10.1. The van der Waals surface area contributed by atoms with Gasteiger partial charge in [0.25, 0.3) is 0 Å². The number of rotatable bonds is 7. The molecular formula is C25H23ClN2O4. The Kier molecular flexibility index (Phi) is 7.82. The van der Waals surface area contributed by atoms with Gasteiger partial charge in [-0.25, -0.2) is 4.98 Å². The highest BCUT2D eigenvalue weighted by Crippen LogP contribution is 2.25. The van der Waals surface area contributed by atoms with Crippen molar-refractivity contribution in [1.29, 1.82) is 0 Å². The molecule has 1 heterocycles. The largest absolute Gasteiger partial charge is 0.469 e. The molecule has 0 fully saturated rings. The van der Waals surface area contributed by atoms with Gasteiger partial charge in [-0.05, 0) is 37.1 Å². The third-order valence-corrected chi connectivity index (χ3v) is 5.27. The summed E-state index contributed by atoms with van der Waals surface area (Å²) >= 11 is 6.11. The van der Waals surface area contributed by atoms with Gasteiger partial charge in [0, 0.05) is 46.0 Å². The molecule has 0 saturated carbocycles. The Balaban J connectivity index is 1.66. The van der Waals surface area contributed by atoms with Crippen molar-refractivity contribution in [3.05, 3.63) is 70.4 Å². The van der Waals surface area contributed by atoms with Gasteiger partial charge in [0.15, 0.2) is 5.78 Å². The molecule has 7 heteroatoms. The van der Waals surface area contributed by atoms with Gasteiger partial charge in [-0.2, -0.15) is 0 Å². The summed E-state index contributed by atoms with van der Waals surface area (Å²) in [6, 6.07) is 12.4. The lowest BCUT2D eigenvalue weighted by Gasteiger charge is -2.09. The minimum absolute atomic E-state index is 0.0845. The first-order valence-corrected chi connectivity index (χ1v) is 10.5. The van der Waals surface area contributed by atoms with Crippen LogP contribution in [0.1, 0.15) is 47.2 Å². The maximum absolute atomic E-state index is 12.4. The lowest BCUT2D eigenvalue weighted by Crippen LogP contribution is -2.12. The lowest BCUT2D eigenvalue weighted by atomic mass is 10.0. The normalized spacial score (nSPS) is 11.5. The Labute approximate surface area is 191 Å². The molecule has 0 aliphatic rings. The Morgan fingerprint density at radius 3 is 2.56 bits per heavy atom. The number of fused-ring (bicyclic) bond motifs is 1. The topological polar surface area (TPSA) is 103 Å². The molecule has 164 valence electrons. The maximum Gasteiger partial charge on any atom is 0.305 e. The van der Waals surface area contributed by atoms with Crippen LogP contribution in [0.15, 0.2) is 48.7 Å². The maximum atomic E-state index is 12.4. The van der Waals surface area contributed by atoms with Crippen LogP contribution < -0.4 is 5.73 Å². The number of Topliss-reactive ketones (excluding diaryl/α,β-unsaturated/α-hetero) is 1. The number of methoxy groups -OCH3 is 1. The van der Waals surface area contributed by atoms with E-state index in [1.165, 1.54) is 7.11 Å². The number of anilines is 1. The number of carbonyl (C=O) groups is 2. The fourth-order valence-corrected chi connectivity index (χ4v) is 3.35. The molecule has 6 nitrogen and oxygen atoms in total. The number of hydrogen-bond acceptors (Lipinski definition) is 6. The van der Waals surface area contributed by atoms with Crippen molar-refractivity contribution in [2.75, 3.05) is 12.8 Å². The Morgan fingerprint density at radius 1 is 1.12 bits per heavy atom. The van der Waals surface area contributed by atoms with E-state index >= 15 is 0 Å². The summed E-state index contributed by atoms with van der Waals surface area (Å²) in [6.07, 6.45) is 1.82. The minimum atomic E-state index is -0.726. The van der Waals surface area contributed by atoms with Crippen molar-refractivity contribution in [3.63, 3.8) is 0 Å². The van der Waals surface area contributed by atoms with Crippen LogP contribution >= 0.6 is 11.6 Å². The van der Waals surface area contributed by atoms with Crippen molar-refractivity contribution >= 4 is 39.9 Å². The standard InChI is InChI=1S/C25H23ClN2O4/c1-32-24(31)13-10-20(29)9-12-23(30)17-5-2-16(3-6-17)4-11-21-22-14-19(26)8-7-18(22)15-28-25(21)27/h2-3,5-8,14-15,20,29H,9-10,12-13H2,1H3,(H2,27,28). The quantitative estimate of drug-likeness (QED) is 0.318. The van der Waals surface area contributed by atoms with E-state index in [2.05, 4.69) is 21.6 Å². The number of nitrogen functional groups attached to an aromatic ring is 1. The summed E-state index contributed by atoms with van der Waals surface area (Å²) in [6.45, 7) is 0. The number of hydrogen-bond donors (Lipinski definition) is 2. The average molecular weight is 451 g/mol. The van der Waals surface area contributed by atoms with Gasteiger partial charge in [-0.15, -0.1) is 0 Å². The van der Waals surface area contributed by atoms with Gasteiger partial charge in [0.05, 0.1) is 18.8 Å². The number of nitrogens with zero attached hydrogens (tertiary/aromatic N) is 1. The Hall–Kier alpha value is -3.40. The summed E-state index contributed by atoms with van der Waals surface area (Å²) in [7, 11) is 1.30. The number of ether oxygens (including phenoxy) is 1. The van der Waals surface area contributed by atoms with Gasteiger partial charge >= 0.3 is 5.97 Å². The Bertz CT molecular complexity index is 1190. The van der Waals surface area contributed by atoms with E-state index in [0.29, 0.717) is 22.0 Å². The summed E-state index contributed by atoms with van der Waals surface area (Å²) in [5.41, 5.74) is 7.88. The van der Waals surface area contributed by atoms with Crippen LogP contribution in [0, 0.1) is 11.8 Å². The van der Waals surface area contributed by atoms with Crippen molar-refractivity contribution in [2.45, 2.75) is 31.8 Å². The number of aliphatic hydroxyl groups is 1. The number of ketones is 1. The molecule has 0 saturated heterocycles. The third kappa shape index (κ3) is 6.07. The fraction of sp³-hybridized carbons (Fsp3) is 0.240. The highest BCUT2D eigenvalue weighted by atomic mass is 35.5. The summed E-state index contributed by atoms with van der Waals surface area (Å²) in [4.78, 5) is 27.7. The molecule has 1 unspecified atom stereocenters. The highest BCUT2D eigenvalue weighted by molar-refractivity contribution is 6.31. The van der Waals surface area contributed by atoms with Crippen LogP contribution in [0.5, 0.6) is 0 Å². The van der Waals surface area contributed by atoms with E-state index in [9.17, 15) is 14.7 Å². The van der Waals surface area contributed by atoms with Crippen LogP contribution in [0.25, 0.3) is 10.8 Å². The zero-order valence-corrected chi connectivity index (χ0v) is 18.4. The van der Waals surface area contributed by atoms with Crippen molar-refractivity contribution < 1.29 is 19.4 Å². The Morgan fingerprint density at radius 2 is 1.84 bits per heavy atom. The second kappa shape index (κ2) is 10.8. The summed E-state index contributed by atoms with van der Waals surface area (Å²) in [5.74, 6) is 5.98. The first kappa shape index (κ1) is 23.3. The van der Waals surface area contributed by atoms with Crippen molar-refractivity contribution in [3.8, 4) is 11.8 Å². The van der Waals surface area contributed by atoms with Crippen LogP contribution in [0.2, 0.25) is 5.02 Å². The predicted molar refractivity (Wildman–Crippen MR) is 124 cm³/mol. The lowest BCUT2D eigenvalue weighted by molar-refractivity contribution is -0.141. The van der Waals surface area contributed by atoms with Crippen molar-refractivity contribution in [1.82, 2.24) is 4.98 Å². The van der Waals surface area contributed by atoms with Crippen molar-refractivity contribution in [2.24, 2.45) is 0 Å². The van der Waals surface area contributed by atoms with Crippen LogP contribution in [0.4, 0.5) is 5.82 Å². The average Bonchev–Trinajstić information content (AvgIpc) is 2.80. The van der Waals surface area contributed by atoms with E-state index in [1.54, 1.807) is 42.6 Å². The van der Waals surface area contributed by atoms with E-state index in [0.717, 1.165) is 16.3 Å². The number of aromatic nitrogens is 1. The number of benzene rings is 2. The van der Waals surface area contributed by atoms with E-state index in [-0.39, 0.29) is 37.4 Å². The molecule has 0 bridgehead atoms. The molecule has 3 N–H and O–H groups in total. The second-order valence-corrected chi connectivity index (χ2v) is 7.74. The zero-order valence-electron chi connectivity index (χ0n) is 17.6. The molecule has 3 rings (SSSR count). The molecule has 2 aromatic carbocycles. The minimum Gasteiger partial charge on any atom is -0.469 e. The smallest absolute Gasteiger partial charge is 0.305 e. The fourth-order valence-electron chi connectivity index (χ4n) is 3.18. The number of carbonyl (C=O) groups excluding carboxylic acids is 2. The SMILES string of the molecule is COC(=O)CCC(O)CCC(=O)c1ccc(C#Cc2c(N)ncc3ccc(Cl)cc23)cc1. The molecule has 0 aliphatic heterocycles. The highest BCUT2D eigenvalue weighted by Gasteiger charge is 2.12. The number of pyridine rings is 1. The van der Waals surface area contributed by atoms with E-state index in [4.69, 9.17) is 17.3 Å². The molecule has 0 spiro atoms. The predicted octanol–water partition coefficient (Wildman–Crippen LogP) is 4.15. The van der Waals surface area contributed by atoms with E-state index in [1.807, 2.05) is 6.07 Å². The van der Waals surface area contributed by atoms with Crippen LogP contribution in [-0.4, -0.2) is 35.1 Å². The van der Waals surface area contributed by atoms with Gasteiger partial charge < -0.3 is 15.6 Å².